The molecule has 0 aliphatic carbocycles. The second-order valence-electron chi connectivity index (χ2n) is 8.56. The quantitative estimate of drug-likeness (QED) is 0.435. The Hall–Kier alpha value is -3.72. The molecule has 2 amide bonds. The van der Waals surface area contributed by atoms with Crippen molar-refractivity contribution in [2.45, 2.75) is 33.2 Å². The predicted octanol–water partition coefficient (Wildman–Crippen LogP) is 4.37. The lowest BCUT2D eigenvalue weighted by Gasteiger charge is -2.21. The summed E-state index contributed by atoms with van der Waals surface area (Å²) < 4.78 is 17.7. The van der Waals surface area contributed by atoms with E-state index in [0.717, 1.165) is 35.1 Å². The molecular weight excluding hydrogens is 421 g/mol. The summed E-state index contributed by atoms with van der Waals surface area (Å²) in [5.41, 5.74) is 5.28. The molecule has 2 aromatic heterocycles. The van der Waals surface area contributed by atoms with Crippen molar-refractivity contribution in [3.05, 3.63) is 64.7 Å². The molecule has 0 saturated heterocycles. The Balaban J connectivity index is 1.51. The summed E-state index contributed by atoms with van der Waals surface area (Å²) in [6, 6.07) is 8.78. The van der Waals surface area contributed by atoms with Crippen molar-refractivity contribution < 1.29 is 9.18 Å². The fraction of sp³-hybridized carbons (Fsp3) is 0.292. The minimum Gasteiger partial charge on any atom is -0.310 e. The number of rotatable bonds is 3. The van der Waals surface area contributed by atoms with Crippen LogP contribution in [0.2, 0.25) is 0 Å². The second kappa shape index (κ2) is 8.00. The summed E-state index contributed by atoms with van der Waals surface area (Å²) in [4.78, 5) is 13.0. The Morgan fingerprint density at radius 2 is 1.94 bits per heavy atom. The van der Waals surface area contributed by atoms with Crippen LogP contribution in [0, 0.1) is 19.7 Å². The molecule has 3 heterocycles. The zero-order chi connectivity index (χ0) is 23.3. The average molecular weight is 448 g/mol. The van der Waals surface area contributed by atoms with Gasteiger partial charge in [-0.25, -0.2) is 13.9 Å². The lowest BCUT2D eigenvalue weighted by Crippen LogP contribution is -2.29. The predicted molar refractivity (Wildman–Crippen MR) is 126 cm³/mol. The molecule has 1 atom stereocenters. The number of carbonyl (C=O) groups is 1. The number of amides is 2. The number of fused-ring (bicyclic) bond motifs is 2. The Morgan fingerprint density at radius 1 is 1.18 bits per heavy atom. The number of benzene rings is 2. The molecule has 0 unspecified atom stereocenters. The molecule has 0 radical (unpaired) electrons. The SMILES string of the molecule is Cc1cc(-n2nc3c(c2NC(=O)Nc2ccc4c(cnn4C)c2)[C@H](C)NCC3)cc(C)c1F. The Kier molecular flexibility index (Phi) is 5.13. The smallest absolute Gasteiger partial charge is 0.310 e. The van der Waals surface area contributed by atoms with Crippen LogP contribution in [0.25, 0.3) is 16.6 Å². The molecule has 0 saturated carbocycles. The lowest BCUT2D eigenvalue weighted by molar-refractivity contribution is 0.262. The molecular formula is C24H26FN7O. The van der Waals surface area contributed by atoms with Crippen molar-refractivity contribution in [2.24, 2.45) is 7.05 Å². The fourth-order valence-electron chi connectivity index (χ4n) is 4.49. The Morgan fingerprint density at radius 3 is 2.70 bits per heavy atom. The van der Waals surface area contributed by atoms with Gasteiger partial charge < -0.3 is 10.6 Å². The van der Waals surface area contributed by atoms with Crippen molar-refractivity contribution in [3.63, 3.8) is 0 Å². The van der Waals surface area contributed by atoms with E-state index in [4.69, 9.17) is 5.10 Å². The minimum absolute atomic E-state index is 0.0205. The number of hydrogen-bond acceptors (Lipinski definition) is 4. The third-order valence-electron chi connectivity index (χ3n) is 6.15. The molecule has 2 aromatic carbocycles. The van der Waals surface area contributed by atoms with Gasteiger partial charge in [0, 0.05) is 42.7 Å². The van der Waals surface area contributed by atoms with Crippen LogP contribution in [0.3, 0.4) is 0 Å². The van der Waals surface area contributed by atoms with Crippen LogP contribution in [0.15, 0.2) is 36.5 Å². The van der Waals surface area contributed by atoms with Gasteiger partial charge in [-0.2, -0.15) is 10.2 Å². The van der Waals surface area contributed by atoms with Crippen LogP contribution >= 0.6 is 0 Å². The number of nitrogens with one attached hydrogen (secondary N) is 3. The molecule has 4 aromatic rings. The molecule has 8 nitrogen and oxygen atoms in total. The Labute approximate surface area is 190 Å². The maximum Gasteiger partial charge on any atom is 0.324 e. The number of nitrogens with zero attached hydrogens (tertiary/aromatic N) is 4. The number of anilines is 2. The van der Waals surface area contributed by atoms with E-state index >= 15 is 0 Å². The third kappa shape index (κ3) is 3.74. The summed E-state index contributed by atoms with van der Waals surface area (Å²) in [6.45, 7) is 6.32. The zero-order valence-electron chi connectivity index (χ0n) is 19.0. The van der Waals surface area contributed by atoms with Crippen LogP contribution in [0.4, 0.5) is 20.7 Å². The molecule has 5 rings (SSSR count). The van der Waals surface area contributed by atoms with E-state index in [1.54, 1.807) is 41.5 Å². The van der Waals surface area contributed by atoms with Gasteiger partial charge >= 0.3 is 6.03 Å². The van der Waals surface area contributed by atoms with Crippen molar-refractivity contribution >= 4 is 28.4 Å². The van der Waals surface area contributed by atoms with Crippen molar-refractivity contribution in [2.75, 3.05) is 17.2 Å². The molecule has 1 aliphatic rings. The first kappa shape index (κ1) is 21.1. The number of aromatic nitrogens is 4. The molecule has 0 spiro atoms. The van der Waals surface area contributed by atoms with E-state index in [9.17, 15) is 9.18 Å². The van der Waals surface area contributed by atoms with E-state index in [1.807, 2.05) is 32.2 Å². The van der Waals surface area contributed by atoms with Gasteiger partial charge in [0.2, 0.25) is 0 Å². The first-order valence-electron chi connectivity index (χ1n) is 10.9. The van der Waals surface area contributed by atoms with Gasteiger partial charge in [0.05, 0.1) is 23.1 Å². The van der Waals surface area contributed by atoms with Crippen molar-refractivity contribution in [1.29, 1.82) is 0 Å². The standard InChI is InChI=1S/C24H26FN7O/c1-13-9-18(10-14(2)22(13)25)32-23(21-15(3)26-8-7-19(21)30-32)29-24(33)28-17-5-6-20-16(11-17)12-27-31(20)4/h5-6,9-12,15,26H,7-8H2,1-4H3,(H2,28,29,33)/t15-/m0/s1. The van der Waals surface area contributed by atoms with Gasteiger partial charge in [0.1, 0.15) is 11.6 Å². The fourth-order valence-corrected chi connectivity index (χ4v) is 4.49. The van der Waals surface area contributed by atoms with E-state index < -0.39 is 0 Å². The summed E-state index contributed by atoms with van der Waals surface area (Å²) in [5.74, 6) is 0.346. The second-order valence-corrected chi connectivity index (χ2v) is 8.56. The van der Waals surface area contributed by atoms with Gasteiger partial charge in [-0.1, -0.05) is 0 Å². The van der Waals surface area contributed by atoms with Gasteiger partial charge in [-0.3, -0.25) is 10.00 Å². The van der Waals surface area contributed by atoms with Crippen molar-refractivity contribution in [3.8, 4) is 5.69 Å². The summed E-state index contributed by atoms with van der Waals surface area (Å²) >= 11 is 0. The topological polar surface area (TPSA) is 88.8 Å². The number of halogens is 1. The molecule has 170 valence electrons. The highest BCUT2D eigenvalue weighted by Gasteiger charge is 2.27. The average Bonchev–Trinajstić information content (AvgIpc) is 3.33. The molecule has 1 aliphatic heterocycles. The highest BCUT2D eigenvalue weighted by molar-refractivity contribution is 6.01. The zero-order valence-corrected chi connectivity index (χ0v) is 19.0. The van der Waals surface area contributed by atoms with Gasteiger partial charge in [0.15, 0.2) is 0 Å². The summed E-state index contributed by atoms with van der Waals surface area (Å²) in [7, 11) is 1.88. The first-order valence-corrected chi connectivity index (χ1v) is 10.9. The molecule has 0 fully saturated rings. The molecule has 0 bridgehead atoms. The maximum absolute atomic E-state index is 14.3. The number of carbonyl (C=O) groups excluding carboxylic acids is 1. The van der Waals surface area contributed by atoms with E-state index in [0.29, 0.717) is 28.3 Å². The van der Waals surface area contributed by atoms with Gasteiger partial charge in [0.25, 0.3) is 0 Å². The summed E-state index contributed by atoms with van der Waals surface area (Å²) in [6.07, 6.45) is 2.51. The first-order chi connectivity index (χ1) is 15.8. The maximum atomic E-state index is 14.3. The Bertz CT molecular complexity index is 1360. The van der Waals surface area contributed by atoms with E-state index in [2.05, 4.69) is 21.0 Å². The minimum atomic E-state index is -0.379. The third-order valence-corrected chi connectivity index (χ3v) is 6.15. The molecule has 3 N–H and O–H groups in total. The highest BCUT2D eigenvalue weighted by Crippen LogP contribution is 2.33. The molecule has 33 heavy (non-hydrogen) atoms. The van der Waals surface area contributed by atoms with Gasteiger partial charge in [-0.05, 0) is 62.2 Å². The monoisotopic (exact) mass is 447 g/mol. The largest absolute Gasteiger partial charge is 0.324 e. The van der Waals surface area contributed by atoms with Crippen molar-refractivity contribution in [1.82, 2.24) is 24.9 Å². The van der Waals surface area contributed by atoms with Crippen LogP contribution in [0.5, 0.6) is 0 Å². The lowest BCUT2D eigenvalue weighted by atomic mass is 10.0. The highest BCUT2D eigenvalue weighted by atomic mass is 19.1. The van der Waals surface area contributed by atoms with Crippen LogP contribution in [-0.2, 0) is 13.5 Å². The van der Waals surface area contributed by atoms with Crippen LogP contribution in [0.1, 0.15) is 35.3 Å². The van der Waals surface area contributed by atoms with Crippen LogP contribution in [-0.4, -0.2) is 32.1 Å². The van der Waals surface area contributed by atoms with E-state index in [1.165, 1.54) is 0 Å². The number of urea groups is 1. The number of hydrogen-bond donors (Lipinski definition) is 3. The van der Waals surface area contributed by atoms with E-state index in [-0.39, 0.29) is 17.9 Å². The van der Waals surface area contributed by atoms with Crippen LogP contribution < -0.4 is 16.0 Å². The normalized spacial score (nSPS) is 15.5. The van der Waals surface area contributed by atoms with Gasteiger partial charge in [-0.15, -0.1) is 0 Å². The molecule has 9 heteroatoms. The summed E-state index contributed by atoms with van der Waals surface area (Å²) in [5, 5.41) is 19.3. The number of aryl methyl sites for hydroxylation is 3.